The summed E-state index contributed by atoms with van der Waals surface area (Å²) >= 11 is 0. The lowest BCUT2D eigenvalue weighted by atomic mass is 9.92. The van der Waals surface area contributed by atoms with Crippen molar-refractivity contribution in [2.24, 2.45) is 11.8 Å². The van der Waals surface area contributed by atoms with Crippen LogP contribution in [0.1, 0.15) is 26.0 Å². The van der Waals surface area contributed by atoms with Gasteiger partial charge in [0, 0.05) is 18.7 Å². The van der Waals surface area contributed by atoms with Gasteiger partial charge in [0.1, 0.15) is 11.9 Å². The van der Waals surface area contributed by atoms with E-state index in [0.717, 1.165) is 13.1 Å². The van der Waals surface area contributed by atoms with Gasteiger partial charge in [-0.15, -0.1) is 0 Å². The predicted octanol–water partition coefficient (Wildman–Crippen LogP) is 3.83. The molecule has 2 aromatic rings. The molecule has 5 heteroatoms. The third-order valence-corrected chi connectivity index (χ3v) is 3.96. The second-order valence-electron chi connectivity index (χ2n) is 6.14. The van der Waals surface area contributed by atoms with Crippen LogP contribution in [0.3, 0.4) is 0 Å². The van der Waals surface area contributed by atoms with Crippen LogP contribution in [0.2, 0.25) is 0 Å². The van der Waals surface area contributed by atoms with Gasteiger partial charge in [-0.3, -0.25) is 0 Å². The maximum atomic E-state index is 13.0. The van der Waals surface area contributed by atoms with Crippen LogP contribution in [0.25, 0.3) is 11.5 Å². The maximum absolute atomic E-state index is 13.0. The van der Waals surface area contributed by atoms with Gasteiger partial charge in [0.2, 0.25) is 17.5 Å². The minimum Gasteiger partial charge on any atom is -0.419 e. The minimum absolute atomic E-state index is 0.292. The average molecular weight is 299 g/mol. The van der Waals surface area contributed by atoms with E-state index >= 15 is 0 Å². The van der Waals surface area contributed by atoms with Gasteiger partial charge in [-0.1, -0.05) is 13.8 Å². The molecule has 0 radical (unpaired) electrons. The number of hydrogen-bond donors (Lipinski definition) is 0. The summed E-state index contributed by atoms with van der Waals surface area (Å²) in [6.07, 6.45) is 1.18. The van der Waals surface area contributed by atoms with Gasteiger partial charge in [-0.25, -0.2) is 4.39 Å². The lowest BCUT2D eigenvalue weighted by Gasteiger charge is -2.34. The zero-order valence-corrected chi connectivity index (χ0v) is 12.7. The Hall–Kier alpha value is -2.35. The molecule has 1 aliphatic rings. The first-order chi connectivity index (χ1) is 10.6. The molecular weight excluding hydrogens is 281 g/mol. The molecule has 114 valence electrons. The standard InChI is InChI=1S/C17H18FN3O/c1-11-7-12(2)10-21(9-11)17-15(8-19)20-16(22-17)13-3-5-14(18)6-4-13/h3-6,11-12H,7,9-10H2,1-2H3/t11-,12-/m0/s1. The SMILES string of the molecule is C[C@H]1C[C@H](C)CN(c2oc(-c3ccc(F)cc3)nc2C#N)C1. The fraction of sp³-hybridized carbons (Fsp3) is 0.412. The number of piperidine rings is 1. The Labute approximate surface area is 129 Å². The summed E-state index contributed by atoms with van der Waals surface area (Å²) in [6, 6.07) is 8.03. The van der Waals surface area contributed by atoms with Crippen molar-refractivity contribution < 1.29 is 8.81 Å². The first kappa shape index (κ1) is 14.6. The summed E-state index contributed by atoms with van der Waals surface area (Å²) in [5, 5.41) is 9.33. The number of anilines is 1. The average Bonchev–Trinajstić information content (AvgIpc) is 2.91. The van der Waals surface area contributed by atoms with Crippen LogP contribution >= 0.6 is 0 Å². The quantitative estimate of drug-likeness (QED) is 0.845. The maximum Gasteiger partial charge on any atom is 0.235 e. The molecule has 0 amide bonds. The molecule has 1 aromatic heterocycles. The second-order valence-corrected chi connectivity index (χ2v) is 6.14. The van der Waals surface area contributed by atoms with Crippen molar-refractivity contribution in [3.63, 3.8) is 0 Å². The number of oxazole rings is 1. The highest BCUT2D eigenvalue weighted by atomic mass is 19.1. The molecule has 0 bridgehead atoms. The Morgan fingerprint density at radius 3 is 2.45 bits per heavy atom. The van der Waals surface area contributed by atoms with Gasteiger partial charge in [0.25, 0.3) is 0 Å². The molecule has 2 heterocycles. The van der Waals surface area contributed by atoms with Crippen LogP contribution in [0.5, 0.6) is 0 Å². The monoisotopic (exact) mass is 299 g/mol. The number of nitrogens with zero attached hydrogens (tertiary/aromatic N) is 3. The summed E-state index contributed by atoms with van der Waals surface area (Å²) in [6.45, 7) is 6.12. The van der Waals surface area contributed by atoms with E-state index in [4.69, 9.17) is 4.42 Å². The van der Waals surface area contributed by atoms with Crippen LogP contribution in [0.4, 0.5) is 10.3 Å². The van der Waals surface area contributed by atoms with Gasteiger partial charge in [0.15, 0.2) is 0 Å². The van der Waals surface area contributed by atoms with E-state index in [9.17, 15) is 9.65 Å². The zero-order chi connectivity index (χ0) is 15.7. The Morgan fingerprint density at radius 1 is 1.23 bits per heavy atom. The van der Waals surface area contributed by atoms with Crippen molar-refractivity contribution in [3.8, 4) is 17.5 Å². The fourth-order valence-corrected chi connectivity index (χ4v) is 3.14. The number of rotatable bonds is 2. The molecular formula is C17H18FN3O. The van der Waals surface area contributed by atoms with Crippen molar-refractivity contribution in [3.05, 3.63) is 35.8 Å². The summed E-state index contributed by atoms with van der Waals surface area (Å²) in [5.74, 6) is 1.68. The molecule has 0 aliphatic carbocycles. The van der Waals surface area contributed by atoms with E-state index in [1.807, 2.05) is 0 Å². The number of aromatic nitrogens is 1. The van der Waals surface area contributed by atoms with Crippen LogP contribution in [-0.4, -0.2) is 18.1 Å². The number of nitriles is 1. The molecule has 22 heavy (non-hydrogen) atoms. The number of hydrogen-bond acceptors (Lipinski definition) is 4. The molecule has 0 saturated carbocycles. The van der Waals surface area contributed by atoms with E-state index in [-0.39, 0.29) is 5.82 Å². The Balaban J connectivity index is 1.95. The van der Waals surface area contributed by atoms with E-state index in [2.05, 4.69) is 29.8 Å². The molecule has 4 nitrogen and oxygen atoms in total. The first-order valence-electron chi connectivity index (χ1n) is 7.48. The third kappa shape index (κ3) is 2.82. The molecule has 1 saturated heterocycles. The fourth-order valence-electron chi connectivity index (χ4n) is 3.14. The first-order valence-corrected chi connectivity index (χ1v) is 7.48. The molecule has 3 rings (SSSR count). The highest BCUT2D eigenvalue weighted by Gasteiger charge is 2.27. The van der Waals surface area contributed by atoms with Gasteiger partial charge < -0.3 is 9.32 Å². The van der Waals surface area contributed by atoms with Crippen molar-refractivity contribution in [2.75, 3.05) is 18.0 Å². The Morgan fingerprint density at radius 2 is 1.86 bits per heavy atom. The van der Waals surface area contributed by atoms with Gasteiger partial charge >= 0.3 is 0 Å². The number of halogens is 1. The molecule has 1 fully saturated rings. The van der Waals surface area contributed by atoms with Crippen molar-refractivity contribution in [1.29, 1.82) is 5.26 Å². The van der Waals surface area contributed by atoms with Crippen LogP contribution in [0.15, 0.2) is 28.7 Å². The second kappa shape index (κ2) is 5.80. The van der Waals surface area contributed by atoms with E-state index in [0.29, 0.717) is 34.9 Å². The molecule has 0 unspecified atom stereocenters. The molecule has 1 aliphatic heterocycles. The smallest absolute Gasteiger partial charge is 0.235 e. The Kier molecular flexibility index (Phi) is 3.84. The van der Waals surface area contributed by atoms with Gasteiger partial charge in [0.05, 0.1) is 0 Å². The predicted molar refractivity (Wildman–Crippen MR) is 81.8 cm³/mol. The van der Waals surface area contributed by atoms with Crippen LogP contribution < -0.4 is 4.90 Å². The zero-order valence-electron chi connectivity index (χ0n) is 12.7. The summed E-state index contributed by atoms with van der Waals surface area (Å²) in [5.41, 5.74) is 0.961. The van der Waals surface area contributed by atoms with Gasteiger partial charge in [-0.2, -0.15) is 10.2 Å². The van der Waals surface area contributed by atoms with E-state index in [1.165, 1.54) is 18.6 Å². The normalized spacial score (nSPS) is 21.6. The highest BCUT2D eigenvalue weighted by Crippen LogP contribution is 2.32. The highest BCUT2D eigenvalue weighted by molar-refractivity contribution is 5.59. The van der Waals surface area contributed by atoms with Crippen molar-refractivity contribution in [2.45, 2.75) is 20.3 Å². The van der Waals surface area contributed by atoms with Crippen molar-refractivity contribution >= 4 is 5.88 Å². The molecule has 0 N–H and O–H groups in total. The summed E-state index contributed by atoms with van der Waals surface area (Å²) in [4.78, 5) is 6.36. The van der Waals surface area contributed by atoms with Crippen LogP contribution in [-0.2, 0) is 0 Å². The van der Waals surface area contributed by atoms with Crippen LogP contribution in [0, 0.1) is 29.0 Å². The lowest BCUT2D eigenvalue weighted by Crippen LogP contribution is -2.38. The van der Waals surface area contributed by atoms with E-state index in [1.54, 1.807) is 12.1 Å². The topological polar surface area (TPSA) is 53.1 Å². The minimum atomic E-state index is -0.310. The summed E-state index contributed by atoms with van der Waals surface area (Å²) in [7, 11) is 0. The summed E-state index contributed by atoms with van der Waals surface area (Å²) < 4.78 is 18.9. The van der Waals surface area contributed by atoms with Crippen molar-refractivity contribution in [1.82, 2.24) is 4.98 Å². The lowest BCUT2D eigenvalue weighted by molar-refractivity contribution is 0.344. The third-order valence-electron chi connectivity index (χ3n) is 3.96. The molecule has 0 spiro atoms. The van der Waals surface area contributed by atoms with E-state index < -0.39 is 0 Å². The number of benzene rings is 1. The van der Waals surface area contributed by atoms with Gasteiger partial charge in [-0.05, 0) is 42.5 Å². The largest absolute Gasteiger partial charge is 0.419 e. The molecule has 2 atom stereocenters. The Bertz CT molecular complexity index is 692. The molecule has 1 aromatic carbocycles.